The van der Waals surface area contributed by atoms with E-state index >= 15 is 0 Å². The topological polar surface area (TPSA) is 61.5 Å². The minimum atomic E-state index is 0.0417. The lowest BCUT2D eigenvalue weighted by molar-refractivity contribution is 0.0374. The van der Waals surface area contributed by atoms with Crippen molar-refractivity contribution in [3.8, 4) is 0 Å². The van der Waals surface area contributed by atoms with Crippen molar-refractivity contribution in [2.24, 2.45) is 0 Å². The van der Waals surface area contributed by atoms with Gasteiger partial charge in [0.2, 0.25) is 5.95 Å². The fourth-order valence-electron chi connectivity index (χ4n) is 3.45. The molecule has 6 heteroatoms. The van der Waals surface area contributed by atoms with Crippen molar-refractivity contribution in [3.05, 3.63) is 21.6 Å². The van der Waals surface area contributed by atoms with Gasteiger partial charge >= 0.3 is 0 Å². The Labute approximate surface area is 137 Å². The monoisotopic (exact) mass is 320 g/mol. The van der Waals surface area contributed by atoms with Crippen LogP contribution in [0.25, 0.3) is 0 Å². The largest absolute Gasteiger partial charge is 0.379 e. The SMILES string of the molecule is Cc1nc(N2CCCCC2)[nH]c(=O)c1CCCN1CCOCC1. The highest BCUT2D eigenvalue weighted by atomic mass is 16.5. The lowest BCUT2D eigenvalue weighted by Crippen LogP contribution is -2.37. The second-order valence-corrected chi connectivity index (χ2v) is 6.56. The van der Waals surface area contributed by atoms with Gasteiger partial charge in [-0.2, -0.15) is 0 Å². The molecule has 0 aliphatic carbocycles. The number of nitrogens with one attached hydrogen (secondary N) is 1. The van der Waals surface area contributed by atoms with E-state index < -0.39 is 0 Å². The summed E-state index contributed by atoms with van der Waals surface area (Å²) in [6.45, 7) is 8.64. The molecule has 23 heavy (non-hydrogen) atoms. The van der Waals surface area contributed by atoms with Gasteiger partial charge in [0.15, 0.2) is 0 Å². The summed E-state index contributed by atoms with van der Waals surface area (Å²) in [5.41, 5.74) is 1.77. The summed E-state index contributed by atoms with van der Waals surface area (Å²) in [4.78, 5) is 24.7. The van der Waals surface area contributed by atoms with Gasteiger partial charge in [-0.1, -0.05) is 0 Å². The van der Waals surface area contributed by atoms with Gasteiger partial charge in [-0.15, -0.1) is 0 Å². The van der Waals surface area contributed by atoms with Crippen molar-refractivity contribution < 1.29 is 4.74 Å². The number of aromatic nitrogens is 2. The number of piperidine rings is 1. The highest BCUT2D eigenvalue weighted by Crippen LogP contribution is 2.15. The fraction of sp³-hybridized carbons (Fsp3) is 0.765. The maximum Gasteiger partial charge on any atom is 0.255 e. The van der Waals surface area contributed by atoms with Crippen LogP contribution in [-0.4, -0.2) is 60.8 Å². The zero-order chi connectivity index (χ0) is 16.1. The molecule has 0 amide bonds. The van der Waals surface area contributed by atoms with Crippen LogP contribution in [0.1, 0.15) is 36.9 Å². The average molecular weight is 320 g/mol. The highest BCUT2D eigenvalue weighted by molar-refractivity contribution is 5.33. The quantitative estimate of drug-likeness (QED) is 0.887. The van der Waals surface area contributed by atoms with E-state index in [0.29, 0.717) is 0 Å². The number of aryl methyl sites for hydroxylation is 1. The lowest BCUT2D eigenvalue weighted by Gasteiger charge is -2.27. The molecule has 0 unspecified atom stereocenters. The maximum atomic E-state index is 12.4. The maximum absolute atomic E-state index is 12.4. The van der Waals surface area contributed by atoms with Crippen molar-refractivity contribution in [1.29, 1.82) is 0 Å². The van der Waals surface area contributed by atoms with Crippen LogP contribution >= 0.6 is 0 Å². The van der Waals surface area contributed by atoms with E-state index in [1.54, 1.807) is 0 Å². The molecule has 2 fully saturated rings. The molecule has 0 bridgehead atoms. The lowest BCUT2D eigenvalue weighted by atomic mass is 10.1. The molecule has 0 atom stereocenters. The summed E-state index contributed by atoms with van der Waals surface area (Å²) in [5.74, 6) is 0.754. The van der Waals surface area contributed by atoms with Crippen LogP contribution in [0, 0.1) is 6.92 Å². The van der Waals surface area contributed by atoms with Crippen LogP contribution in [0.4, 0.5) is 5.95 Å². The minimum Gasteiger partial charge on any atom is -0.379 e. The zero-order valence-corrected chi connectivity index (χ0v) is 14.1. The Morgan fingerprint density at radius 1 is 1.13 bits per heavy atom. The van der Waals surface area contributed by atoms with Gasteiger partial charge in [-0.25, -0.2) is 4.98 Å². The highest BCUT2D eigenvalue weighted by Gasteiger charge is 2.16. The summed E-state index contributed by atoms with van der Waals surface area (Å²) in [6.07, 6.45) is 5.44. The first-order valence-corrected chi connectivity index (χ1v) is 8.89. The van der Waals surface area contributed by atoms with Crippen molar-refractivity contribution >= 4 is 5.95 Å². The molecule has 1 aromatic rings. The first-order chi connectivity index (χ1) is 11.2. The number of hydrogen-bond acceptors (Lipinski definition) is 5. The van der Waals surface area contributed by atoms with Crippen molar-refractivity contribution in [2.45, 2.75) is 39.0 Å². The van der Waals surface area contributed by atoms with Gasteiger partial charge in [0.05, 0.1) is 13.2 Å². The molecule has 1 N–H and O–H groups in total. The number of nitrogens with zero attached hydrogens (tertiary/aromatic N) is 3. The Morgan fingerprint density at radius 3 is 2.57 bits per heavy atom. The number of hydrogen-bond donors (Lipinski definition) is 1. The molecular formula is C17H28N4O2. The molecule has 3 rings (SSSR count). The second-order valence-electron chi connectivity index (χ2n) is 6.56. The summed E-state index contributed by atoms with van der Waals surface area (Å²) in [6, 6.07) is 0. The normalized spacial score (nSPS) is 20.0. The van der Waals surface area contributed by atoms with Crippen LogP contribution < -0.4 is 10.5 Å². The average Bonchev–Trinajstić information content (AvgIpc) is 2.59. The predicted molar refractivity (Wildman–Crippen MR) is 91.2 cm³/mol. The molecule has 0 saturated carbocycles. The predicted octanol–water partition coefficient (Wildman–Crippen LogP) is 1.33. The van der Waals surface area contributed by atoms with E-state index in [4.69, 9.17) is 4.74 Å². The van der Waals surface area contributed by atoms with E-state index in [0.717, 1.165) is 76.0 Å². The van der Waals surface area contributed by atoms with Gasteiger partial charge in [-0.05, 0) is 45.6 Å². The van der Waals surface area contributed by atoms with E-state index in [2.05, 4.69) is 19.8 Å². The molecule has 0 radical (unpaired) electrons. The standard InChI is InChI=1S/C17H28N4O2/c1-14-15(6-5-7-20-10-12-23-13-11-20)16(22)19-17(18-14)21-8-3-2-4-9-21/h2-13H2,1H3,(H,18,19,22). The van der Waals surface area contributed by atoms with Crippen LogP contribution in [0.15, 0.2) is 4.79 Å². The molecule has 2 aliphatic rings. The molecule has 2 saturated heterocycles. The summed E-state index contributed by atoms with van der Waals surface area (Å²) in [7, 11) is 0. The van der Waals surface area contributed by atoms with Crippen LogP contribution in [0.3, 0.4) is 0 Å². The molecule has 0 aromatic carbocycles. The molecular weight excluding hydrogens is 292 g/mol. The van der Waals surface area contributed by atoms with Gasteiger partial charge < -0.3 is 9.64 Å². The van der Waals surface area contributed by atoms with Gasteiger partial charge in [0, 0.05) is 37.4 Å². The second kappa shape index (κ2) is 7.93. The van der Waals surface area contributed by atoms with Crippen molar-refractivity contribution in [1.82, 2.24) is 14.9 Å². The summed E-state index contributed by atoms with van der Waals surface area (Å²) >= 11 is 0. The third-order valence-corrected chi connectivity index (χ3v) is 4.87. The molecule has 1 aromatic heterocycles. The van der Waals surface area contributed by atoms with Crippen LogP contribution in [0.2, 0.25) is 0 Å². The Kier molecular flexibility index (Phi) is 5.67. The first kappa shape index (κ1) is 16.5. The Hall–Kier alpha value is -1.40. The Bertz CT molecular complexity index is 560. The minimum absolute atomic E-state index is 0.0417. The number of morpholine rings is 1. The van der Waals surface area contributed by atoms with Crippen molar-refractivity contribution in [2.75, 3.05) is 50.8 Å². The van der Waals surface area contributed by atoms with Crippen LogP contribution in [-0.2, 0) is 11.2 Å². The Morgan fingerprint density at radius 2 is 1.87 bits per heavy atom. The number of anilines is 1. The van der Waals surface area contributed by atoms with Crippen molar-refractivity contribution in [3.63, 3.8) is 0 Å². The van der Waals surface area contributed by atoms with Gasteiger partial charge in [0.25, 0.3) is 5.56 Å². The number of aromatic amines is 1. The third kappa shape index (κ3) is 4.32. The van der Waals surface area contributed by atoms with Gasteiger partial charge in [-0.3, -0.25) is 14.7 Å². The summed E-state index contributed by atoms with van der Waals surface area (Å²) in [5, 5.41) is 0. The third-order valence-electron chi connectivity index (χ3n) is 4.87. The summed E-state index contributed by atoms with van der Waals surface area (Å²) < 4.78 is 5.36. The van der Waals surface area contributed by atoms with E-state index in [1.165, 1.54) is 19.3 Å². The van der Waals surface area contributed by atoms with E-state index in [9.17, 15) is 4.79 Å². The number of ether oxygens (including phenoxy) is 1. The zero-order valence-electron chi connectivity index (χ0n) is 14.1. The number of rotatable bonds is 5. The van der Waals surface area contributed by atoms with Crippen LogP contribution in [0.5, 0.6) is 0 Å². The van der Waals surface area contributed by atoms with E-state index in [1.807, 2.05) is 6.92 Å². The number of H-pyrrole nitrogens is 1. The Balaban J connectivity index is 1.59. The van der Waals surface area contributed by atoms with E-state index in [-0.39, 0.29) is 5.56 Å². The van der Waals surface area contributed by atoms with Gasteiger partial charge in [0.1, 0.15) is 0 Å². The molecule has 0 spiro atoms. The molecule has 3 heterocycles. The molecule has 128 valence electrons. The molecule has 6 nitrogen and oxygen atoms in total. The smallest absolute Gasteiger partial charge is 0.255 e. The molecule has 2 aliphatic heterocycles. The first-order valence-electron chi connectivity index (χ1n) is 8.89. The fourth-order valence-corrected chi connectivity index (χ4v) is 3.45.